The first-order valence-corrected chi connectivity index (χ1v) is 8.01. The molecule has 1 aromatic heterocycles. The molecule has 0 atom stereocenters. The van der Waals surface area contributed by atoms with Gasteiger partial charge in [-0.2, -0.15) is 0 Å². The molecule has 0 amide bonds. The van der Waals surface area contributed by atoms with Gasteiger partial charge in [-0.3, -0.25) is 0 Å². The standard InChI is InChI=1S/C17H20ClN3/c1-3-21(4-2)17-14-6-5-7-15(14)19-16(20-17)12-8-10-13(18)11-9-12/h8-11H,3-7H2,1-2H3. The molecule has 0 aliphatic heterocycles. The molecule has 1 aliphatic rings. The minimum Gasteiger partial charge on any atom is -0.357 e. The number of fused-ring (bicyclic) bond motifs is 1. The predicted molar refractivity (Wildman–Crippen MR) is 88.1 cm³/mol. The monoisotopic (exact) mass is 301 g/mol. The van der Waals surface area contributed by atoms with Gasteiger partial charge in [0.1, 0.15) is 5.82 Å². The van der Waals surface area contributed by atoms with Crippen LogP contribution < -0.4 is 4.90 Å². The van der Waals surface area contributed by atoms with Crippen molar-refractivity contribution in [3.8, 4) is 11.4 Å². The molecular weight excluding hydrogens is 282 g/mol. The van der Waals surface area contributed by atoms with E-state index in [0.717, 1.165) is 48.2 Å². The third kappa shape index (κ3) is 2.75. The summed E-state index contributed by atoms with van der Waals surface area (Å²) in [6, 6.07) is 7.77. The summed E-state index contributed by atoms with van der Waals surface area (Å²) in [5, 5.41) is 0.740. The molecule has 2 aromatic rings. The van der Waals surface area contributed by atoms with Crippen molar-refractivity contribution in [2.24, 2.45) is 0 Å². The van der Waals surface area contributed by atoms with Gasteiger partial charge in [-0.1, -0.05) is 11.6 Å². The van der Waals surface area contributed by atoms with Crippen molar-refractivity contribution in [3.05, 3.63) is 40.5 Å². The Labute approximate surface area is 131 Å². The van der Waals surface area contributed by atoms with Gasteiger partial charge >= 0.3 is 0 Å². The minimum atomic E-state index is 0.740. The summed E-state index contributed by atoms with van der Waals surface area (Å²) in [7, 11) is 0. The Balaban J connectivity index is 2.10. The molecule has 21 heavy (non-hydrogen) atoms. The fraction of sp³-hybridized carbons (Fsp3) is 0.412. The summed E-state index contributed by atoms with van der Waals surface area (Å²) in [4.78, 5) is 12.0. The van der Waals surface area contributed by atoms with Crippen LogP contribution in [-0.2, 0) is 12.8 Å². The second-order valence-electron chi connectivity index (χ2n) is 5.33. The molecule has 0 spiro atoms. The van der Waals surface area contributed by atoms with Gasteiger partial charge in [-0.05, 0) is 57.4 Å². The van der Waals surface area contributed by atoms with Gasteiger partial charge in [0.2, 0.25) is 0 Å². The van der Waals surface area contributed by atoms with Crippen molar-refractivity contribution in [3.63, 3.8) is 0 Å². The number of anilines is 1. The molecule has 1 heterocycles. The van der Waals surface area contributed by atoms with Gasteiger partial charge in [0, 0.05) is 34.9 Å². The fourth-order valence-corrected chi connectivity index (χ4v) is 3.05. The molecule has 0 N–H and O–H groups in total. The molecule has 1 aliphatic carbocycles. The molecule has 0 saturated carbocycles. The van der Waals surface area contributed by atoms with Gasteiger partial charge in [0.05, 0.1) is 0 Å². The van der Waals surface area contributed by atoms with Gasteiger partial charge in [-0.25, -0.2) is 9.97 Å². The third-order valence-electron chi connectivity index (χ3n) is 4.08. The number of halogens is 1. The van der Waals surface area contributed by atoms with Gasteiger partial charge in [-0.15, -0.1) is 0 Å². The number of rotatable bonds is 4. The van der Waals surface area contributed by atoms with Crippen LogP contribution in [0.3, 0.4) is 0 Å². The van der Waals surface area contributed by atoms with Crippen LogP contribution in [0.2, 0.25) is 5.02 Å². The highest BCUT2D eigenvalue weighted by atomic mass is 35.5. The first kappa shape index (κ1) is 14.3. The van der Waals surface area contributed by atoms with Crippen LogP contribution in [0.1, 0.15) is 31.5 Å². The minimum absolute atomic E-state index is 0.740. The average molecular weight is 302 g/mol. The normalized spacial score (nSPS) is 13.3. The Morgan fingerprint density at radius 2 is 1.76 bits per heavy atom. The molecule has 0 bridgehead atoms. The summed E-state index contributed by atoms with van der Waals surface area (Å²) in [6.45, 7) is 6.30. The smallest absolute Gasteiger partial charge is 0.161 e. The Morgan fingerprint density at radius 1 is 1.05 bits per heavy atom. The van der Waals surface area contributed by atoms with Gasteiger partial charge in [0.25, 0.3) is 0 Å². The Bertz CT molecular complexity index is 633. The first-order valence-electron chi connectivity index (χ1n) is 7.63. The van der Waals surface area contributed by atoms with Crippen molar-refractivity contribution in [2.75, 3.05) is 18.0 Å². The van der Waals surface area contributed by atoms with E-state index in [4.69, 9.17) is 21.6 Å². The van der Waals surface area contributed by atoms with E-state index in [9.17, 15) is 0 Å². The predicted octanol–water partition coefficient (Wildman–Crippen LogP) is 4.13. The van der Waals surface area contributed by atoms with Crippen molar-refractivity contribution in [2.45, 2.75) is 33.1 Å². The van der Waals surface area contributed by atoms with Gasteiger partial charge in [0.15, 0.2) is 5.82 Å². The lowest BCUT2D eigenvalue weighted by molar-refractivity contribution is 0.829. The number of hydrogen-bond donors (Lipinski definition) is 0. The average Bonchev–Trinajstić information content (AvgIpc) is 2.97. The van der Waals surface area contributed by atoms with Crippen LogP contribution in [0.5, 0.6) is 0 Å². The summed E-state index contributed by atoms with van der Waals surface area (Å²) in [5.74, 6) is 1.93. The lowest BCUT2D eigenvalue weighted by Crippen LogP contribution is -2.25. The van der Waals surface area contributed by atoms with E-state index in [1.165, 1.54) is 17.7 Å². The molecule has 1 aromatic carbocycles. The van der Waals surface area contributed by atoms with Gasteiger partial charge < -0.3 is 4.90 Å². The molecule has 3 rings (SSSR count). The quantitative estimate of drug-likeness (QED) is 0.850. The van der Waals surface area contributed by atoms with E-state index in [-0.39, 0.29) is 0 Å². The maximum atomic E-state index is 5.97. The van der Waals surface area contributed by atoms with Crippen LogP contribution in [0.15, 0.2) is 24.3 Å². The number of nitrogens with zero attached hydrogens (tertiary/aromatic N) is 3. The zero-order valence-electron chi connectivity index (χ0n) is 12.6. The van der Waals surface area contributed by atoms with Crippen LogP contribution in [0.25, 0.3) is 11.4 Å². The molecule has 0 fully saturated rings. The third-order valence-corrected chi connectivity index (χ3v) is 4.33. The highest BCUT2D eigenvalue weighted by Gasteiger charge is 2.22. The fourth-order valence-electron chi connectivity index (χ4n) is 2.93. The van der Waals surface area contributed by atoms with Crippen LogP contribution in [-0.4, -0.2) is 23.1 Å². The highest BCUT2D eigenvalue weighted by molar-refractivity contribution is 6.30. The maximum absolute atomic E-state index is 5.97. The van der Waals surface area contributed by atoms with E-state index < -0.39 is 0 Å². The topological polar surface area (TPSA) is 29.0 Å². The number of aryl methyl sites for hydroxylation is 1. The molecule has 3 nitrogen and oxygen atoms in total. The highest BCUT2D eigenvalue weighted by Crippen LogP contribution is 2.31. The van der Waals surface area contributed by atoms with E-state index in [0.29, 0.717) is 0 Å². The van der Waals surface area contributed by atoms with Crippen LogP contribution in [0.4, 0.5) is 5.82 Å². The van der Waals surface area contributed by atoms with Crippen molar-refractivity contribution in [1.82, 2.24) is 9.97 Å². The van der Waals surface area contributed by atoms with Crippen molar-refractivity contribution in [1.29, 1.82) is 0 Å². The lowest BCUT2D eigenvalue weighted by Gasteiger charge is -2.23. The Morgan fingerprint density at radius 3 is 2.43 bits per heavy atom. The van der Waals surface area contributed by atoms with Crippen molar-refractivity contribution >= 4 is 17.4 Å². The number of benzene rings is 1. The lowest BCUT2D eigenvalue weighted by atomic mass is 10.1. The largest absolute Gasteiger partial charge is 0.357 e. The molecule has 4 heteroatoms. The Kier molecular flexibility index (Phi) is 4.11. The maximum Gasteiger partial charge on any atom is 0.161 e. The molecule has 0 saturated heterocycles. The van der Waals surface area contributed by atoms with E-state index >= 15 is 0 Å². The SMILES string of the molecule is CCN(CC)c1nc(-c2ccc(Cl)cc2)nc2c1CCC2. The zero-order valence-corrected chi connectivity index (χ0v) is 13.3. The van der Waals surface area contributed by atoms with Crippen LogP contribution >= 0.6 is 11.6 Å². The second-order valence-corrected chi connectivity index (χ2v) is 5.77. The second kappa shape index (κ2) is 6.02. The summed E-state index contributed by atoms with van der Waals surface area (Å²) in [5.41, 5.74) is 3.59. The number of aromatic nitrogens is 2. The first-order chi connectivity index (χ1) is 10.2. The van der Waals surface area contributed by atoms with E-state index in [2.05, 4.69) is 18.7 Å². The van der Waals surface area contributed by atoms with Crippen molar-refractivity contribution < 1.29 is 0 Å². The summed E-state index contributed by atoms with van der Waals surface area (Å²) >= 11 is 5.97. The summed E-state index contributed by atoms with van der Waals surface area (Å²) < 4.78 is 0. The molecule has 0 radical (unpaired) electrons. The van der Waals surface area contributed by atoms with Crippen LogP contribution in [0, 0.1) is 0 Å². The van der Waals surface area contributed by atoms with E-state index in [1.54, 1.807) is 0 Å². The Hall–Kier alpha value is -1.61. The molecule has 0 unspecified atom stereocenters. The molecule has 110 valence electrons. The number of hydrogen-bond acceptors (Lipinski definition) is 3. The van der Waals surface area contributed by atoms with E-state index in [1.807, 2.05) is 24.3 Å². The summed E-state index contributed by atoms with van der Waals surface area (Å²) in [6.07, 6.45) is 3.34. The zero-order chi connectivity index (χ0) is 14.8. The molecular formula is C17H20ClN3.